The first-order chi connectivity index (χ1) is 8.60. The van der Waals surface area contributed by atoms with Crippen LogP contribution in [0.2, 0.25) is 5.15 Å². The van der Waals surface area contributed by atoms with E-state index in [2.05, 4.69) is 15.3 Å². The third-order valence-electron chi connectivity index (χ3n) is 2.45. The van der Waals surface area contributed by atoms with Gasteiger partial charge in [0.1, 0.15) is 10.8 Å². The zero-order chi connectivity index (χ0) is 13.1. The van der Waals surface area contributed by atoms with Gasteiger partial charge in [0, 0.05) is 18.4 Å². The molecule has 2 aromatic heterocycles. The normalized spacial score (nSPS) is 10.4. The van der Waals surface area contributed by atoms with Crippen molar-refractivity contribution in [2.45, 2.75) is 20.4 Å². The smallest absolute Gasteiger partial charge is 0.274 e. The van der Waals surface area contributed by atoms with Crippen molar-refractivity contribution >= 4 is 23.5 Å². The summed E-state index contributed by atoms with van der Waals surface area (Å²) in [5, 5.41) is 2.94. The molecule has 2 heterocycles. The van der Waals surface area contributed by atoms with E-state index in [1.807, 2.05) is 23.8 Å². The number of anilines is 1. The topological polar surface area (TPSA) is 59.8 Å². The van der Waals surface area contributed by atoms with Crippen molar-refractivity contribution in [3.05, 3.63) is 40.9 Å². The third kappa shape index (κ3) is 2.68. The number of halogens is 1. The Morgan fingerprint density at radius 1 is 1.50 bits per heavy atom. The number of nitrogens with zero attached hydrogens (tertiary/aromatic N) is 3. The molecule has 2 aromatic rings. The molecule has 0 bridgehead atoms. The van der Waals surface area contributed by atoms with E-state index < -0.39 is 0 Å². The molecule has 0 aromatic carbocycles. The summed E-state index contributed by atoms with van der Waals surface area (Å²) in [6.07, 6.45) is 1.85. The van der Waals surface area contributed by atoms with Crippen molar-refractivity contribution in [2.75, 3.05) is 5.32 Å². The first kappa shape index (κ1) is 12.6. The van der Waals surface area contributed by atoms with Gasteiger partial charge in [-0.3, -0.25) is 10.1 Å². The molecule has 6 heteroatoms. The van der Waals surface area contributed by atoms with Crippen LogP contribution >= 0.6 is 11.6 Å². The quantitative estimate of drug-likeness (QED) is 0.867. The van der Waals surface area contributed by atoms with E-state index in [1.165, 1.54) is 0 Å². The average Bonchev–Trinajstić information content (AvgIpc) is 2.75. The number of nitrogens with one attached hydrogen (secondary N) is 1. The Morgan fingerprint density at radius 2 is 2.28 bits per heavy atom. The molecule has 0 radical (unpaired) electrons. The summed E-state index contributed by atoms with van der Waals surface area (Å²) in [5.74, 6) is -0.0302. The molecule has 0 atom stereocenters. The van der Waals surface area contributed by atoms with Crippen molar-refractivity contribution in [3.63, 3.8) is 0 Å². The van der Waals surface area contributed by atoms with Crippen LogP contribution in [0.15, 0.2) is 24.4 Å². The van der Waals surface area contributed by atoms with Crippen LogP contribution in [-0.4, -0.2) is 20.4 Å². The second-order valence-corrected chi connectivity index (χ2v) is 4.18. The van der Waals surface area contributed by atoms with Gasteiger partial charge in [0.2, 0.25) is 5.95 Å². The number of carbonyl (C=O) groups excluding carboxylic acids is 1. The highest BCUT2D eigenvalue weighted by Crippen LogP contribution is 2.11. The molecule has 0 saturated carbocycles. The lowest BCUT2D eigenvalue weighted by Crippen LogP contribution is -2.18. The molecule has 1 N–H and O–H groups in total. The minimum Gasteiger partial charge on any atom is -0.344 e. The van der Waals surface area contributed by atoms with Crippen LogP contribution in [0.3, 0.4) is 0 Å². The van der Waals surface area contributed by atoms with Crippen LogP contribution in [0.4, 0.5) is 5.95 Å². The standard InChI is InChI=1S/C12H13ClN4O/c1-3-17-6-4-5-9(17)11(18)16-12-14-8(2)7-10(13)15-12/h4-7H,3H2,1-2H3,(H,14,15,16,18). The Bertz CT molecular complexity index is 559. The molecule has 0 saturated heterocycles. The monoisotopic (exact) mass is 264 g/mol. The van der Waals surface area contributed by atoms with Gasteiger partial charge in [0.15, 0.2) is 0 Å². The maximum absolute atomic E-state index is 12.0. The first-order valence-electron chi connectivity index (χ1n) is 5.58. The second-order valence-electron chi connectivity index (χ2n) is 3.79. The SMILES string of the molecule is CCn1cccc1C(=O)Nc1nc(C)cc(Cl)n1. The lowest BCUT2D eigenvalue weighted by atomic mass is 10.4. The van der Waals surface area contributed by atoms with E-state index in [4.69, 9.17) is 11.6 Å². The lowest BCUT2D eigenvalue weighted by Gasteiger charge is -2.07. The van der Waals surface area contributed by atoms with Gasteiger partial charge in [0.25, 0.3) is 5.91 Å². The van der Waals surface area contributed by atoms with E-state index in [1.54, 1.807) is 19.1 Å². The van der Waals surface area contributed by atoms with Crippen molar-refractivity contribution in [2.24, 2.45) is 0 Å². The summed E-state index contributed by atoms with van der Waals surface area (Å²) < 4.78 is 1.84. The third-order valence-corrected chi connectivity index (χ3v) is 2.64. The molecular formula is C12H13ClN4O. The van der Waals surface area contributed by atoms with Gasteiger partial charge < -0.3 is 4.57 Å². The van der Waals surface area contributed by atoms with Crippen LogP contribution in [-0.2, 0) is 6.54 Å². The van der Waals surface area contributed by atoms with Crippen molar-refractivity contribution in [3.8, 4) is 0 Å². The zero-order valence-electron chi connectivity index (χ0n) is 10.1. The molecule has 94 valence electrons. The summed E-state index contributed by atoms with van der Waals surface area (Å²) in [6, 6.07) is 5.20. The van der Waals surface area contributed by atoms with E-state index in [0.717, 1.165) is 6.54 Å². The Labute approximate surface area is 110 Å². The van der Waals surface area contributed by atoms with Gasteiger partial charge in [-0.25, -0.2) is 9.97 Å². The van der Waals surface area contributed by atoms with Gasteiger partial charge in [-0.15, -0.1) is 0 Å². The highest BCUT2D eigenvalue weighted by molar-refractivity contribution is 6.29. The largest absolute Gasteiger partial charge is 0.344 e. The predicted molar refractivity (Wildman–Crippen MR) is 69.8 cm³/mol. The first-order valence-corrected chi connectivity index (χ1v) is 5.95. The van der Waals surface area contributed by atoms with Crippen LogP contribution in [0.5, 0.6) is 0 Å². The average molecular weight is 265 g/mol. The number of aromatic nitrogens is 3. The Balaban J connectivity index is 2.21. The Kier molecular flexibility index (Phi) is 3.62. The van der Waals surface area contributed by atoms with Crippen molar-refractivity contribution in [1.29, 1.82) is 0 Å². The van der Waals surface area contributed by atoms with Gasteiger partial charge >= 0.3 is 0 Å². The Hall–Kier alpha value is -1.88. The summed E-state index contributed by atoms with van der Waals surface area (Å²) in [7, 11) is 0. The van der Waals surface area contributed by atoms with Gasteiger partial charge in [-0.05, 0) is 32.0 Å². The van der Waals surface area contributed by atoms with Crippen LogP contribution < -0.4 is 5.32 Å². The van der Waals surface area contributed by atoms with E-state index >= 15 is 0 Å². The van der Waals surface area contributed by atoms with Gasteiger partial charge in [-0.1, -0.05) is 11.6 Å². The fraction of sp³-hybridized carbons (Fsp3) is 0.250. The summed E-state index contributed by atoms with van der Waals surface area (Å²) in [4.78, 5) is 20.1. The highest BCUT2D eigenvalue weighted by Gasteiger charge is 2.12. The van der Waals surface area contributed by atoms with Gasteiger partial charge in [-0.2, -0.15) is 0 Å². The molecule has 5 nitrogen and oxygen atoms in total. The summed E-state index contributed by atoms with van der Waals surface area (Å²) in [6.45, 7) is 4.49. The predicted octanol–water partition coefficient (Wildman–Crippen LogP) is 2.51. The Morgan fingerprint density at radius 3 is 2.94 bits per heavy atom. The highest BCUT2D eigenvalue weighted by atomic mass is 35.5. The molecule has 18 heavy (non-hydrogen) atoms. The van der Waals surface area contributed by atoms with E-state index in [9.17, 15) is 4.79 Å². The lowest BCUT2D eigenvalue weighted by molar-refractivity contribution is 0.101. The van der Waals surface area contributed by atoms with Crippen LogP contribution in [0.1, 0.15) is 23.1 Å². The van der Waals surface area contributed by atoms with Crippen molar-refractivity contribution < 1.29 is 4.79 Å². The van der Waals surface area contributed by atoms with Gasteiger partial charge in [0.05, 0.1) is 0 Å². The molecule has 0 aliphatic rings. The molecular weight excluding hydrogens is 252 g/mol. The number of aryl methyl sites for hydroxylation is 2. The molecule has 0 aliphatic heterocycles. The fourth-order valence-corrected chi connectivity index (χ4v) is 1.89. The molecule has 1 amide bonds. The molecule has 0 spiro atoms. The van der Waals surface area contributed by atoms with Crippen molar-refractivity contribution in [1.82, 2.24) is 14.5 Å². The molecule has 0 unspecified atom stereocenters. The molecule has 0 aliphatic carbocycles. The molecule has 2 rings (SSSR count). The van der Waals surface area contributed by atoms with Crippen LogP contribution in [0.25, 0.3) is 0 Å². The van der Waals surface area contributed by atoms with E-state index in [-0.39, 0.29) is 11.9 Å². The zero-order valence-corrected chi connectivity index (χ0v) is 10.9. The fourth-order valence-electron chi connectivity index (χ4n) is 1.65. The number of amides is 1. The second kappa shape index (κ2) is 5.18. The molecule has 0 fully saturated rings. The van der Waals surface area contributed by atoms with E-state index in [0.29, 0.717) is 16.5 Å². The summed E-state index contributed by atoms with van der Waals surface area (Å²) in [5.41, 5.74) is 1.27. The minimum atomic E-state index is -0.247. The number of hydrogen-bond acceptors (Lipinski definition) is 3. The van der Waals surface area contributed by atoms with Crippen LogP contribution in [0, 0.1) is 6.92 Å². The summed E-state index contributed by atoms with van der Waals surface area (Å²) >= 11 is 5.81. The number of rotatable bonds is 3. The minimum absolute atomic E-state index is 0.217. The number of hydrogen-bond donors (Lipinski definition) is 1. The number of carbonyl (C=O) groups is 1. The maximum atomic E-state index is 12.0. The maximum Gasteiger partial charge on any atom is 0.274 e.